The van der Waals surface area contributed by atoms with Crippen LogP contribution in [0.1, 0.15) is 18.1 Å². The van der Waals surface area contributed by atoms with Crippen LogP contribution in [0.3, 0.4) is 0 Å². The lowest BCUT2D eigenvalue weighted by atomic mass is 10.0. The molecular formula is C9H10BrCl2NO2. The van der Waals surface area contributed by atoms with Gasteiger partial charge in [0.15, 0.2) is 0 Å². The molecule has 0 spiro atoms. The topological polar surface area (TPSA) is 53.4 Å². The van der Waals surface area contributed by atoms with Gasteiger partial charge in [0.05, 0.1) is 11.1 Å². The molecule has 0 amide bonds. The van der Waals surface area contributed by atoms with Crippen LogP contribution in [0.5, 0.6) is 0 Å². The molecule has 84 valence electrons. The van der Waals surface area contributed by atoms with Crippen molar-refractivity contribution in [2.75, 3.05) is 5.33 Å². The highest BCUT2D eigenvalue weighted by Crippen LogP contribution is 2.30. The lowest BCUT2D eigenvalue weighted by Crippen LogP contribution is -2.19. The van der Waals surface area contributed by atoms with Crippen LogP contribution in [0.15, 0.2) is 12.3 Å². The number of aliphatic hydroxyl groups is 2. The largest absolute Gasteiger partial charge is 0.390 e. The van der Waals surface area contributed by atoms with E-state index in [1.165, 1.54) is 12.3 Å². The van der Waals surface area contributed by atoms with Crippen molar-refractivity contribution >= 4 is 39.1 Å². The molecule has 0 saturated carbocycles. The number of halogens is 3. The summed E-state index contributed by atoms with van der Waals surface area (Å²) in [6.45, 7) is 0. The first kappa shape index (κ1) is 13.2. The number of alkyl halides is 1. The summed E-state index contributed by atoms with van der Waals surface area (Å²) < 4.78 is 0. The first-order valence-electron chi connectivity index (χ1n) is 4.30. The number of hydrogen-bond donors (Lipinski definition) is 2. The number of aromatic nitrogens is 1. The van der Waals surface area contributed by atoms with Gasteiger partial charge < -0.3 is 10.2 Å². The van der Waals surface area contributed by atoms with Crippen molar-refractivity contribution in [2.24, 2.45) is 0 Å². The zero-order valence-electron chi connectivity index (χ0n) is 7.70. The van der Waals surface area contributed by atoms with Crippen LogP contribution in [-0.2, 0) is 0 Å². The van der Waals surface area contributed by atoms with Gasteiger partial charge in [-0.2, -0.15) is 0 Å². The molecule has 0 aromatic carbocycles. The van der Waals surface area contributed by atoms with E-state index in [1.54, 1.807) is 0 Å². The summed E-state index contributed by atoms with van der Waals surface area (Å²) in [5.74, 6) is 0. The fourth-order valence-corrected chi connectivity index (χ4v) is 2.00. The Balaban J connectivity index is 2.90. The maximum atomic E-state index is 9.78. The van der Waals surface area contributed by atoms with Gasteiger partial charge in [-0.25, -0.2) is 4.98 Å². The second-order valence-corrected chi connectivity index (χ2v) is 4.52. The van der Waals surface area contributed by atoms with Gasteiger partial charge in [-0.05, 0) is 12.5 Å². The van der Waals surface area contributed by atoms with Gasteiger partial charge in [-0.15, -0.1) is 0 Å². The summed E-state index contributed by atoms with van der Waals surface area (Å²) >= 11 is 14.7. The van der Waals surface area contributed by atoms with Crippen molar-refractivity contribution in [3.63, 3.8) is 0 Å². The molecule has 2 unspecified atom stereocenters. The van der Waals surface area contributed by atoms with E-state index < -0.39 is 12.2 Å². The van der Waals surface area contributed by atoms with Crippen molar-refractivity contribution in [1.29, 1.82) is 0 Å². The van der Waals surface area contributed by atoms with E-state index in [9.17, 15) is 10.2 Å². The molecule has 2 atom stereocenters. The van der Waals surface area contributed by atoms with Crippen LogP contribution in [0.4, 0.5) is 0 Å². The molecule has 6 heteroatoms. The molecule has 3 nitrogen and oxygen atoms in total. The number of aliphatic hydroxyl groups excluding tert-OH is 2. The Morgan fingerprint density at radius 3 is 2.67 bits per heavy atom. The second kappa shape index (κ2) is 6.01. The maximum absolute atomic E-state index is 9.78. The third-order valence-electron chi connectivity index (χ3n) is 1.96. The predicted octanol–water partition coefficient (Wildman–Crippen LogP) is 2.57. The third-order valence-corrected chi connectivity index (χ3v) is 3.20. The normalized spacial score (nSPS) is 15.0. The second-order valence-electron chi connectivity index (χ2n) is 2.99. The van der Waals surface area contributed by atoms with Crippen LogP contribution in [0.25, 0.3) is 0 Å². The fourth-order valence-electron chi connectivity index (χ4n) is 1.14. The standard InChI is InChI=1S/C9H10BrCl2NO2/c10-3-1-6(14)8(15)5-2-4-13-9(12)7(5)11/h2,4,6,8,14-15H,1,3H2. The van der Waals surface area contributed by atoms with Gasteiger partial charge in [-0.3, -0.25) is 0 Å². The van der Waals surface area contributed by atoms with Crippen LogP contribution in [0.2, 0.25) is 10.2 Å². The Morgan fingerprint density at radius 1 is 1.40 bits per heavy atom. The summed E-state index contributed by atoms with van der Waals surface area (Å²) in [7, 11) is 0. The zero-order chi connectivity index (χ0) is 11.4. The first-order chi connectivity index (χ1) is 7.07. The molecule has 1 heterocycles. The minimum absolute atomic E-state index is 0.124. The molecule has 2 N–H and O–H groups in total. The van der Waals surface area contributed by atoms with Gasteiger partial charge in [0.2, 0.25) is 0 Å². The van der Waals surface area contributed by atoms with E-state index in [0.29, 0.717) is 17.3 Å². The molecule has 0 fully saturated rings. The van der Waals surface area contributed by atoms with Crippen molar-refractivity contribution in [3.05, 3.63) is 28.0 Å². The molecule has 0 bridgehead atoms. The van der Waals surface area contributed by atoms with Crippen LogP contribution >= 0.6 is 39.1 Å². The number of nitrogens with zero attached hydrogens (tertiary/aromatic N) is 1. The monoisotopic (exact) mass is 313 g/mol. The third kappa shape index (κ3) is 3.29. The summed E-state index contributed by atoms with van der Waals surface area (Å²) in [5.41, 5.74) is 0.394. The van der Waals surface area contributed by atoms with E-state index in [-0.39, 0.29) is 10.2 Å². The van der Waals surface area contributed by atoms with E-state index in [0.717, 1.165) is 0 Å². The van der Waals surface area contributed by atoms with Crippen molar-refractivity contribution in [1.82, 2.24) is 4.98 Å². The number of hydrogen-bond acceptors (Lipinski definition) is 3. The smallest absolute Gasteiger partial charge is 0.147 e. The molecular weight excluding hydrogens is 305 g/mol. The van der Waals surface area contributed by atoms with E-state index in [4.69, 9.17) is 23.2 Å². The highest BCUT2D eigenvalue weighted by Gasteiger charge is 2.21. The molecule has 1 aromatic heterocycles. The van der Waals surface area contributed by atoms with Gasteiger partial charge in [0.25, 0.3) is 0 Å². The lowest BCUT2D eigenvalue weighted by molar-refractivity contribution is 0.0174. The summed E-state index contributed by atoms with van der Waals surface area (Å²) in [6.07, 6.45) is -0.0543. The number of pyridine rings is 1. The molecule has 0 aliphatic heterocycles. The highest BCUT2D eigenvalue weighted by molar-refractivity contribution is 9.09. The van der Waals surface area contributed by atoms with E-state index in [2.05, 4.69) is 20.9 Å². The number of rotatable bonds is 4. The Labute approximate surface area is 106 Å². The van der Waals surface area contributed by atoms with E-state index in [1.807, 2.05) is 0 Å². The van der Waals surface area contributed by atoms with Crippen LogP contribution in [0, 0.1) is 0 Å². The Bertz CT molecular complexity index is 338. The van der Waals surface area contributed by atoms with Crippen molar-refractivity contribution < 1.29 is 10.2 Å². The Morgan fingerprint density at radius 2 is 2.07 bits per heavy atom. The average Bonchev–Trinajstić information content (AvgIpc) is 2.21. The average molecular weight is 315 g/mol. The van der Waals surface area contributed by atoms with Crippen LogP contribution in [-0.4, -0.2) is 26.6 Å². The maximum Gasteiger partial charge on any atom is 0.147 e. The molecule has 0 radical (unpaired) electrons. The molecule has 15 heavy (non-hydrogen) atoms. The summed E-state index contributed by atoms with van der Waals surface area (Å²) in [4.78, 5) is 3.76. The van der Waals surface area contributed by atoms with Crippen LogP contribution < -0.4 is 0 Å². The van der Waals surface area contributed by atoms with Crippen molar-refractivity contribution in [3.8, 4) is 0 Å². The van der Waals surface area contributed by atoms with Gasteiger partial charge >= 0.3 is 0 Å². The molecule has 1 rings (SSSR count). The van der Waals surface area contributed by atoms with E-state index >= 15 is 0 Å². The quantitative estimate of drug-likeness (QED) is 0.663. The SMILES string of the molecule is OC(CCBr)C(O)c1ccnc(Cl)c1Cl. The van der Waals surface area contributed by atoms with Gasteiger partial charge in [-0.1, -0.05) is 39.1 Å². The van der Waals surface area contributed by atoms with Gasteiger partial charge in [0.1, 0.15) is 11.3 Å². The zero-order valence-corrected chi connectivity index (χ0v) is 10.8. The molecule has 0 aliphatic carbocycles. The minimum Gasteiger partial charge on any atom is -0.390 e. The van der Waals surface area contributed by atoms with Crippen molar-refractivity contribution in [2.45, 2.75) is 18.6 Å². The molecule has 1 aromatic rings. The molecule has 0 aliphatic rings. The minimum atomic E-state index is -1.05. The summed E-state index contributed by atoms with van der Waals surface area (Å²) in [5, 5.41) is 20.3. The highest BCUT2D eigenvalue weighted by atomic mass is 79.9. The predicted molar refractivity (Wildman–Crippen MR) is 63.6 cm³/mol. The lowest BCUT2D eigenvalue weighted by Gasteiger charge is -2.18. The Kier molecular flexibility index (Phi) is 5.29. The Hall–Kier alpha value is 0.130. The van der Waals surface area contributed by atoms with Gasteiger partial charge in [0, 0.05) is 17.1 Å². The summed E-state index contributed by atoms with van der Waals surface area (Å²) in [6, 6.07) is 1.54. The molecule has 0 saturated heterocycles. The first-order valence-corrected chi connectivity index (χ1v) is 6.17. The fraction of sp³-hybridized carbons (Fsp3) is 0.444.